The third-order valence-electron chi connectivity index (χ3n) is 3.04. The molecule has 1 rings (SSSR count). The molecular weight excluding hydrogens is 274 g/mol. The number of nitrogens with zero attached hydrogens (tertiary/aromatic N) is 1. The summed E-state index contributed by atoms with van der Waals surface area (Å²) >= 11 is 5.98. The van der Waals surface area contributed by atoms with E-state index < -0.39 is 5.38 Å². The predicted molar refractivity (Wildman–Crippen MR) is 84.6 cm³/mol. The number of halogens is 1. The Hall–Kier alpha value is -1.06. The molecule has 0 radical (unpaired) electrons. The molecule has 0 saturated carbocycles. The van der Waals surface area contributed by atoms with Crippen molar-refractivity contribution in [1.29, 1.82) is 0 Å². The number of anilines is 1. The van der Waals surface area contributed by atoms with Gasteiger partial charge in [-0.1, -0.05) is 25.1 Å². The van der Waals surface area contributed by atoms with E-state index in [0.717, 1.165) is 17.7 Å². The first kappa shape index (κ1) is 17.0. The van der Waals surface area contributed by atoms with Gasteiger partial charge in [0.05, 0.1) is 12.7 Å². The van der Waals surface area contributed by atoms with Crippen LogP contribution in [0.2, 0.25) is 0 Å². The molecule has 1 atom stereocenters. The second kappa shape index (κ2) is 8.28. The smallest absolute Gasteiger partial charge is 0.244 e. The molecule has 0 aliphatic rings. The Kier molecular flexibility index (Phi) is 7.03. The van der Waals surface area contributed by atoms with Gasteiger partial charge >= 0.3 is 0 Å². The van der Waals surface area contributed by atoms with Gasteiger partial charge in [-0.3, -0.25) is 4.79 Å². The van der Waals surface area contributed by atoms with Crippen LogP contribution in [0.4, 0.5) is 5.69 Å². The largest absolute Gasteiger partial charge is 0.377 e. The van der Waals surface area contributed by atoms with Gasteiger partial charge in [0.2, 0.25) is 5.91 Å². The lowest BCUT2D eigenvalue weighted by Gasteiger charge is -2.26. The Bertz CT molecular complexity index is 432. The van der Waals surface area contributed by atoms with E-state index in [-0.39, 0.29) is 12.0 Å². The number of aryl methyl sites for hydroxylation is 1. The van der Waals surface area contributed by atoms with Gasteiger partial charge in [-0.25, -0.2) is 0 Å². The molecule has 3 nitrogen and oxygen atoms in total. The average molecular weight is 298 g/mol. The summed E-state index contributed by atoms with van der Waals surface area (Å²) in [6.07, 6.45) is 1.03. The van der Waals surface area contributed by atoms with Crippen molar-refractivity contribution < 1.29 is 9.53 Å². The topological polar surface area (TPSA) is 29.5 Å². The molecule has 1 amide bonds. The summed E-state index contributed by atoms with van der Waals surface area (Å²) in [7, 11) is 0. The number of carbonyl (C=O) groups excluding carboxylic acids is 1. The van der Waals surface area contributed by atoms with Crippen LogP contribution in [0.5, 0.6) is 0 Å². The lowest BCUT2D eigenvalue weighted by molar-refractivity contribution is -0.118. The van der Waals surface area contributed by atoms with E-state index in [0.29, 0.717) is 13.2 Å². The van der Waals surface area contributed by atoms with Crippen molar-refractivity contribution >= 4 is 23.2 Å². The van der Waals surface area contributed by atoms with E-state index in [1.807, 2.05) is 38.1 Å². The Morgan fingerprint density at radius 3 is 2.50 bits per heavy atom. The first-order valence-corrected chi connectivity index (χ1v) is 7.56. The molecule has 0 heterocycles. The Balaban J connectivity index is 2.94. The van der Waals surface area contributed by atoms with Gasteiger partial charge in [0, 0.05) is 12.2 Å². The number of hydrogen-bond acceptors (Lipinski definition) is 2. The van der Waals surface area contributed by atoms with E-state index in [1.54, 1.807) is 11.8 Å². The Morgan fingerprint density at radius 2 is 1.95 bits per heavy atom. The van der Waals surface area contributed by atoms with Gasteiger partial charge in [-0.05, 0) is 38.8 Å². The minimum absolute atomic E-state index is 0.0834. The SMILES string of the molecule is CCc1ccccc1N(CCOC(C)C)C(=O)C(C)Cl. The van der Waals surface area contributed by atoms with Gasteiger partial charge < -0.3 is 9.64 Å². The monoisotopic (exact) mass is 297 g/mol. The zero-order chi connectivity index (χ0) is 15.1. The highest BCUT2D eigenvalue weighted by Crippen LogP contribution is 2.22. The molecule has 1 aromatic rings. The van der Waals surface area contributed by atoms with Crippen molar-refractivity contribution in [3.8, 4) is 0 Å². The van der Waals surface area contributed by atoms with Crippen LogP contribution < -0.4 is 4.90 Å². The number of benzene rings is 1. The number of ether oxygens (including phenoxy) is 1. The third kappa shape index (κ3) is 4.80. The summed E-state index contributed by atoms with van der Waals surface area (Å²) in [5, 5.41) is -0.543. The second-order valence-electron chi connectivity index (χ2n) is 5.01. The second-order valence-corrected chi connectivity index (χ2v) is 5.66. The molecule has 0 aliphatic heterocycles. The zero-order valence-electron chi connectivity index (χ0n) is 12.7. The van der Waals surface area contributed by atoms with Gasteiger partial charge in [-0.15, -0.1) is 11.6 Å². The predicted octanol–water partition coefficient (Wildman–Crippen LogP) is 3.63. The van der Waals surface area contributed by atoms with Crippen LogP contribution in [0.15, 0.2) is 24.3 Å². The van der Waals surface area contributed by atoms with Crippen molar-refractivity contribution in [1.82, 2.24) is 0 Å². The first-order valence-electron chi connectivity index (χ1n) is 7.12. The first-order chi connectivity index (χ1) is 9.47. The van der Waals surface area contributed by atoms with Crippen LogP contribution in [0.25, 0.3) is 0 Å². The average Bonchev–Trinajstić information content (AvgIpc) is 2.42. The quantitative estimate of drug-likeness (QED) is 0.719. The van der Waals surface area contributed by atoms with Crippen molar-refractivity contribution in [3.63, 3.8) is 0 Å². The summed E-state index contributed by atoms with van der Waals surface area (Å²) in [6, 6.07) is 7.93. The molecule has 112 valence electrons. The maximum atomic E-state index is 12.3. The highest BCUT2D eigenvalue weighted by Gasteiger charge is 2.21. The number of alkyl halides is 1. The molecule has 0 N–H and O–H groups in total. The van der Waals surface area contributed by atoms with Gasteiger partial charge in [0.15, 0.2) is 0 Å². The number of amides is 1. The van der Waals surface area contributed by atoms with E-state index >= 15 is 0 Å². The maximum absolute atomic E-state index is 12.3. The van der Waals surface area contributed by atoms with E-state index in [9.17, 15) is 4.79 Å². The number of carbonyl (C=O) groups is 1. The minimum Gasteiger partial charge on any atom is -0.377 e. The van der Waals surface area contributed by atoms with Crippen LogP contribution in [-0.4, -0.2) is 30.5 Å². The molecule has 1 aromatic carbocycles. The third-order valence-corrected chi connectivity index (χ3v) is 3.22. The molecule has 4 heteroatoms. The molecule has 0 aliphatic carbocycles. The van der Waals surface area contributed by atoms with Crippen molar-refractivity contribution in [2.24, 2.45) is 0 Å². The highest BCUT2D eigenvalue weighted by atomic mass is 35.5. The van der Waals surface area contributed by atoms with Crippen LogP contribution >= 0.6 is 11.6 Å². The van der Waals surface area contributed by atoms with Crippen LogP contribution in [0.3, 0.4) is 0 Å². The fourth-order valence-corrected chi connectivity index (χ4v) is 2.13. The van der Waals surface area contributed by atoms with E-state index in [2.05, 4.69) is 6.92 Å². The fourth-order valence-electron chi connectivity index (χ4n) is 2.02. The van der Waals surface area contributed by atoms with Gasteiger partial charge in [-0.2, -0.15) is 0 Å². The zero-order valence-corrected chi connectivity index (χ0v) is 13.5. The van der Waals surface area contributed by atoms with Gasteiger partial charge in [0.25, 0.3) is 0 Å². The van der Waals surface area contributed by atoms with Crippen molar-refractivity contribution in [2.75, 3.05) is 18.1 Å². The van der Waals surface area contributed by atoms with E-state index in [4.69, 9.17) is 16.3 Å². The standard InChI is InChI=1S/C16H24ClNO2/c1-5-14-8-6-7-9-15(14)18(16(19)13(4)17)10-11-20-12(2)3/h6-9,12-13H,5,10-11H2,1-4H3. The summed E-state index contributed by atoms with van der Waals surface area (Å²) in [6.45, 7) is 8.77. The Labute approximate surface area is 126 Å². The summed E-state index contributed by atoms with van der Waals surface area (Å²) in [4.78, 5) is 14.1. The summed E-state index contributed by atoms with van der Waals surface area (Å²) in [5.74, 6) is -0.0834. The molecule has 0 bridgehead atoms. The number of hydrogen-bond donors (Lipinski definition) is 0. The van der Waals surface area contributed by atoms with Crippen molar-refractivity contribution in [2.45, 2.75) is 45.6 Å². The Morgan fingerprint density at radius 1 is 1.30 bits per heavy atom. The van der Waals surface area contributed by atoms with E-state index in [1.165, 1.54) is 0 Å². The molecule has 1 unspecified atom stereocenters. The molecule has 0 spiro atoms. The summed E-state index contributed by atoms with van der Waals surface area (Å²) in [5.41, 5.74) is 2.07. The fraction of sp³-hybridized carbons (Fsp3) is 0.562. The van der Waals surface area contributed by atoms with Crippen LogP contribution in [0.1, 0.15) is 33.3 Å². The summed E-state index contributed by atoms with van der Waals surface area (Å²) < 4.78 is 5.56. The van der Waals surface area contributed by atoms with Crippen LogP contribution in [-0.2, 0) is 16.0 Å². The highest BCUT2D eigenvalue weighted by molar-refractivity contribution is 6.32. The van der Waals surface area contributed by atoms with Crippen molar-refractivity contribution in [3.05, 3.63) is 29.8 Å². The van der Waals surface area contributed by atoms with Crippen LogP contribution in [0, 0.1) is 0 Å². The number of rotatable bonds is 7. The lowest BCUT2D eigenvalue weighted by Crippen LogP contribution is -2.39. The molecule has 0 aromatic heterocycles. The normalized spacial score (nSPS) is 12.5. The maximum Gasteiger partial charge on any atom is 0.244 e. The molecule has 0 fully saturated rings. The number of para-hydroxylation sites is 1. The molecule has 20 heavy (non-hydrogen) atoms. The minimum atomic E-state index is -0.543. The molecular formula is C16H24ClNO2. The molecule has 0 saturated heterocycles. The van der Waals surface area contributed by atoms with Gasteiger partial charge in [0.1, 0.15) is 5.38 Å². The lowest BCUT2D eigenvalue weighted by atomic mass is 10.1.